The molecule has 2 N–H and O–H groups in total. The molecule has 0 aliphatic carbocycles. The van der Waals surface area contributed by atoms with Crippen LogP contribution in [0.4, 0.5) is 0 Å². The molecule has 1 unspecified atom stereocenters. The third-order valence-corrected chi connectivity index (χ3v) is 4.17. The van der Waals surface area contributed by atoms with E-state index in [1.165, 1.54) is 12.2 Å². The number of hydrogen-bond donors (Lipinski definition) is 2. The van der Waals surface area contributed by atoms with Gasteiger partial charge in [-0.25, -0.2) is 0 Å². The minimum Gasteiger partial charge on any atom is -0.384 e. The first kappa shape index (κ1) is 14.0. The Morgan fingerprint density at radius 2 is 2.21 bits per heavy atom. The van der Waals surface area contributed by atoms with Crippen LogP contribution in [0.5, 0.6) is 0 Å². The lowest BCUT2D eigenvalue weighted by Gasteiger charge is -2.22. The van der Waals surface area contributed by atoms with Gasteiger partial charge in [-0.05, 0) is 42.9 Å². The maximum atomic E-state index is 12.0. The van der Waals surface area contributed by atoms with Gasteiger partial charge in [-0.15, -0.1) is 0 Å². The molecule has 1 aromatic rings. The van der Waals surface area contributed by atoms with Crippen molar-refractivity contribution in [3.63, 3.8) is 0 Å². The van der Waals surface area contributed by atoms with E-state index in [0.29, 0.717) is 11.6 Å². The molecule has 19 heavy (non-hydrogen) atoms. The maximum Gasteiger partial charge on any atom is 0.251 e. The van der Waals surface area contributed by atoms with Gasteiger partial charge in [0.2, 0.25) is 0 Å². The van der Waals surface area contributed by atoms with Gasteiger partial charge in [-0.1, -0.05) is 11.8 Å². The molecule has 0 radical (unpaired) electrons. The molecule has 1 amide bonds. The molecular weight excluding hydrogens is 258 g/mol. The number of hydrogen-bond acceptors (Lipinski definition) is 3. The molecule has 2 rings (SSSR count). The van der Waals surface area contributed by atoms with Crippen LogP contribution in [-0.2, 0) is 0 Å². The van der Waals surface area contributed by atoms with Gasteiger partial charge in [-0.3, -0.25) is 4.79 Å². The average Bonchev–Trinajstić information content (AvgIpc) is 2.46. The highest BCUT2D eigenvalue weighted by Gasteiger charge is 2.16. The van der Waals surface area contributed by atoms with Crippen molar-refractivity contribution in [1.29, 1.82) is 0 Å². The Kier molecular flexibility index (Phi) is 5.31. The molecule has 100 valence electrons. The summed E-state index contributed by atoms with van der Waals surface area (Å²) in [7, 11) is 0. The summed E-state index contributed by atoms with van der Waals surface area (Å²) in [5.74, 6) is 7.57. The second kappa shape index (κ2) is 7.22. The summed E-state index contributed by atoms with van der Waals surface area (Å²) in [6.45, 7) is -0.151. The van der Waals surface area contributed by atoms with Crippen molar-refractivity contribution >= 4 is 17.7 Å². The number of thioether (sulfide) groups is 1. The minimum absolute atomic E-state index is 0.0193. The quantitative estimate of drug-likeness (QED) is 0.807. The van der Waals surface area contributed by atoms with Gasteiger partial charge in [0.15, 0.2) is 0 Å². The van der Waals surface area contributed by atoms with Crippen LogP contribution in [0, 0.1) is 11.8 Å². The fourth-order valence-electron chi connectivity index (χ4n) is 1.97. The Morgan fingerprint density at radius 1 is 1.42 bits per heavy atom. The van der Waals surface area contributed by atoms with Crippen molar-refractivity contribution in [2.24, 2.45) is 0 Å². The largest absolute Gasteiger partial charge is 0.384 e. The van der Waals surface area contributed by atoms with E-state index in [1.807, 2.05) is 11.8 Å². The fraction of sp³-hybridized carbons (Fsp3) is 0.400. The lowest BCUT2D eigenvalue weighted by Crippen LogP contribution is -2.38. The van der Waals surface area contributed by atoms with E-state index in [9.17, 15) is 4.79 Å². The highest BCUT2D eigenvalue weighted by Crippen LogP contribution is 2.17. The van der Waals surface area contributed by atoms with Crippen LogP contribution in [0.25, 0.3) is 0 Å². The van der Waals surface area contributed by atoms with Crippen molar-refractivity contribution in [2.75, 3.05) is 18.1 Å². The maximum absolute atomic E-state index is 12.0. The van der Waals surface area contributed by atoms with E-state index < -0.39 is 0 Å². The van der Waals surface area contributed by atoms with Crippen LogP contribution in [0.1, 0.15) is 28.8 Å². The number of benzene rings is 1. The molecule has 1 fully saturated rings. The molecule has 3 nitrogen and oxygen atoms in total. The summed E-state index contributed by atoms with van der Waals surface area (Å²) < 4.78 is 0. The van der Waals surface area contributed by atoms with Gasteiger partial charge in [0.05, 0.1) is 0 Å². The van der Waals surface area contributed by atoms with Gasteiger partial charge in [0.25, 0.3) is 5.91 Å². The number of aliphatic hydroxyl groups is 1. The van der Waals surface area contributed by atoms with E-state index in [2.05, 4.69) is 17.2 Å². The van der Waals surface area contributed by atoms with Gasteiger partial charge in [0, 0.05) is 22.9 Å². The van der Waals surface area contributed by atoms with E-state index >= 15 is 0 Å². The van der Waals surface area contributed by atoms with Gasteiger partial charge in [0.1, 0.15) is 6.61 Å². The molecule has 4 heteroatoms. The first-order valence-corrected chi connectivity index (χ1v) is 7.53. The molecule has 1 aliphatic heterocycles. The molecule has 1 heterocycles. The highest BCUT2D eigenvalue weighted by atomic mass is 32.2. The van der Waals surface area contributed by atoms with Gasteiger partial charge in [-0.2, -0.15) is 11.8 Å². The van der Waals surface area contributed by atoms with Crippen molar-refractivity contribution in [1.82, 2.24) is 5.32 Å². The SMILES string of the molecule is O=C(NC1CCCSC1)c1ccc(C#CCO)cc1. The number of carbonyl (C=O) groups excluding carboxylic acids is 1. The molecule has 0 saturated carbocycles. The number of aliphatic hydroxyl groups excluding tert-OH is 1. The molecule has 0 aromatic heterocycles. The van der Waals surface area contributed by atoms with Crippen molar-refractivity contribution < 1.29 is 9.90 Å². The van der Waals surface area contributed by atoms with Crippen LogP contribution in [-0.4, -0.2) is 35.2 Å². The Morgan fingerprint density at radius 3 is 2.84 bits per heavy atom. The molecule has 1 aromatic carbocycles. The first-order valence-electron chi connectivity index (χ1n) is 6.38. The monoisotopic (exact) mass is 275 g/mol. The van der Waals surface area contributed by atoms with Gasteiger partial charge >= 0.3 is 0 Å². The Balaban J connectivity index is 1.95. The summed E-state index contributed by atoms with van der Waals surface area (Å²) in [4.78, 5) is 12.0. The number of rotatable bonds is 2. The molecule has 0 spiro atoms. The number of carbonyl (C=O) groups is 1. The van der Waals surface area contributed by atoms with Crippen LogP contribution in [0.15, 0.2) is 24.3 Å². The lowest BCUT2D eigenvalue weighted by molar-refractivity contribution is 0.0938. The topological polar surface area (TPSA) is 49.3 Å². The van der Waals surface area contributed by atoms with E-state index in [1.54, 1.807) is 24.3 Å². The van der Waals surface area contributed by atoms with E-state index in [0.717, 1.165) is 17.7 Å². The lowest BCUT2D eigenvalue weighted by atomic mass is 10.1. The highest BCUT2D eigenvalue weighted by molar-refractivity contribution is 7.99. The third-order valence-electron chi connectivity index (χ3n) is 2.95. The summed E-state index contributed by atoms with van der Waals surface area (Å²) in [6, 6.07) is 7.43. The number of amides is 1. The Labute approximate surface area is 117 Å². The predicted octanol–water partition coefficient (Wildman–Crippen LogP) is 1.66. The summed E-state index contributed by atoms with van der Waals surface area (Å²) in [6.07, 6.45) is 2.24. The van der Waals surface area contributed by atoms with Crippen LogP contribution < -0.4 is 5.32 Å². The minimum atomic E-state index is -0.151. The fourth-order valence-corrected chi connectivity index (χ4v) is 3.04. The molecular formula is C15H17NO2S. The van der Waals surface area contributed by atoms with Crippen molar-refractivity contribution in [3.05, 3.63) is 35.4 Å². The standard InChI is InChI=1S/C15H17NO2S/c17-9-1-3-12-5-7-13(8-6-12)15(18)16-14-4-2-10-19-11-14/h5-8,14,17H,2,4,9-11H2,(H,16,18). The molecule has 1 atom stereocenters. The Bertz CT molecular complexity index is 481. The first-order chi connectivity index (χ1) is 9.29. The molecule has 1 saturated heterocycles. The summed E-state index contributed by atoms with van der Waals surface area (Å²) >= 11 is 1.90. The van der Waals surface area contributed by atoms with Crippen LogP contribution in [0.3, 0.4) is 0 Å². The van der Waals surface area contributed by atoms with Crippen molar-refractivity contribution in [3.8, 4) is 11.8 Å². The van der Waals surface area contributed by atoms with E-state index in [-0.39, 0.29) is 12.5 Å². The average molecular weight is 275 g/mol. The summed E-state index contributed by atoms with van der Waals surface area (Å²) in [5.41, 5.74) is 1.46. The number of nitrogens with one attached hydrogen (secondary N) is 1. The molecule has 1 aliphatic rings. The van der Waals surface area contributed by atoms with Crippen molar-refractivity contribution in [2.45, 2.75) is 18.9 Å². The zero-order chi connectivity index (χ0) is 13.5. The zero-order valence-corrected chi connectivity index (χ0v) is 11.5. The summed E-state index contributed by atoms with van der Waals surface area (Å²) in [5, 5.41) is 11.7. The predicted molar refractivity (Wildman–Crippen MR) is 78.2 cm³/mol. The normalized spacial score (nSPS) is 18.3. The second-order valence-corrected chi connectivity index (χ2v) is 5.57. The third kappa shape index (κ3) is 4.30. The van der Waals surface area contributed by atoms with Crippen LogP contribution in [0.2, 0.25) is 0 Å². The second-order valence-electron chi connectivity index (χ2n) is 4.42. The van der Waals surface area contributed by atoms with Gasteiger partial charge < -0.3 is 10.4 Å². The van der Waals surface area contributed by atoms with E-state index in [4.69, 9.17) is 5.11 Å². The van der Waals surface area contributed by atoms with Crippen LogP contribution >= 0.6 is 11.8 Å². The smallest absolute Gasteiger partial charge is 0.251 e. The Hall–Kier alpha value is -1.44. The molecule has 0 bridgehead atoms. The zero-order valence-electron chi connectivity index (χ0n) is 10.7.